The number of benzene rings is 1. The third-order valence-corrected chi connectivity index (χ3v) is 5.78. The van der Waals surface area contributed by atoms with E-state index in [2.05, 4.69) is 10.6 Å². The van der Waals surface area contributed by atoms with Gasteiger partial charge in [0.25, 0.3) is 5.91 Å². The highest BCUT2D eigenvalue weighted by Gasteiger charge is 2.32. The molecule has 0 radical (unpaired) electrons. The van der Waals surface area contributed by atoms with E-state index in [0.717, 1.165) is 0 Å². The molecule has 2 N–H and O–H groups in total. The Morgan fingerprint density at radius 1 is 1.23 bits per heavy atom. The molecule has 26 heavy (non-hydrogen) atoms. The molecule has 2 atom stereocenters. The minimum atomic E-state index is -3.10. The summed E-state index contributed by atoms with van der Waals surface area (Å²) in [7, 11) is -3.10. The van der Waals surface area contributed by atoms with Gasteiger partial charge in [-0.3, -0.25) is 14.9 Å². The van der Waals surface area contributed by atoms with E-state index < -0.39 is 33.8 Å². The second-order valence-electron chi connectivity index (χ2n) is 6.10. The summed E-state index contributed by atoms with van der Waals surface area (Å²) >= 11 is 0. The van der Waals surface area contributed by atoms with Gasteiger partial charge >= 0.3 is 12.0 Å². The van der Waals surface area contributed by atoms with E-state index in [1.165, 1.54) is 0 Å². The van der Waals surface area contributed by atoms with Crippen LogP contribution in [-0.2, 0) is 24.2 Å². The summed E-state index contributed by atoms with van der Waals surface area (Å²) in [5, 5.41) is 4.56. The Balaban J connectivity index is 2.05. The van der Waals surface area contributed by atoms with Crippen LogP contribution in [0.2, 0.25) is 0 Å². The monoisotopic (exact) mass is 382 g/mol. The van der Waals surface area contributed by atoms with Crippen LogP contribution in [-0.4, -0.2) is 44.4 Å². The first-order valence-corrected chi connectivity index (χ1v) is 10.2. The SMILES string of the molecule is CCNC(=O)NC(=O)[C@@H](OC(=O)C[C@@H]1CCS(=O)(=O)C1)c1ccccc1. The first-order valence-electron chi connectivity index (χ1n) is 8.34. The van der Waals surface area contributed by atoms with Crippen LogP contribution in [0, 0.1) is 5.92 Å². The zero-order chi connectivity index (χ0) is 19.2. The van der Waals surface area contributed by atoms with E-state index in [1.54, 1.807) is 37.3 Å². The molecule has 1 aromatic rings. The molecule has 1 fully saturated rings. The van der Waals surface area contributed by atoms with Gasteiger partial charge in [-0.1, -0.05) is 30.3 Å². The van der Waals surface area contributed by atoms with Crippen molar-refractivity contribution in [1.82, 2.24) is 10.6 Å². The highest BCUT2D eigenvalue weighted by atomic mass is 32.2. The number of urea groups is 1. The molecule has 0 spiro atoms. The molecule has 3 amide bonds. The summed E-state index contributed by atoms with van der Waals surface area (Å²) < 4.78 is 28.3. The lowest BCUT2D eigenvalue weighted by molar-refractivity contribution is -0.156. The van der Waals surface area contributed by atoms with Gasteiger partial charge in [-0.2, -0.15) is 0 Å². The van der Waals surface area contributed by atoms with Crippen LogP contribution >= 0.6 is 0 Å². The number of carbonyl (C=O) groups is 3. The maximum absolute atomic E-state index is 12.4. The highest BCUT2D eigenvalue weighted by molar-refractivity contribution is 7.91. The first kappa shape index (κ1) is 19.9. The van der Waals surface area contributed by atoms with E-state index in [-0.39, 0.29) is 23.8 Å². The molecule has 2 rings (SSSR count). The number of ether oxygens (including phenoxy) is 1. The predicted molar refractivity (Wildman–Crippen MR) is 93.9 cm³/mol. The van der Waals surface area contributed by atoms with Crippen LogP contribution in [0.3, 0.4) is 0 Å². The Kier molecular flexibility index (Phi) is 6.73. The number of imide groups is 1. The van der Waals surface area contributed by atoms with E-state index >= 15 is 0 Å². The van der Waals surface area contributed by atoms with Crippen molar-refractivity contribution in [2.24, 2.45) is 5.92 Å². The average Bonchev–Trinajstić information content (AvgIpc) is 2.92. The molecule has 0 aromatic heterocycles. The van der Waals surface area contributed by atoms with Crippen LogP contribution in [0.25, 0.3) is 0 Å². The maximum Gasteiger partial charge on any atom is 0.321 e. The molecule has 1 aromatic carbocycles. The standard InChI is InChI=1S/C17H22N2O6S/c1-2-18-17(22)19-16(21)15(13-6-4-3-5-7-13)25-14(20)10-12-8-9-26(23,24)11-12/h3-7,12,15H,2,8-11H2,1H3,(H2,18,19,21,22)/t12-,15-/m0/s1. The van der Waals surface area contributed by atoms with E-state index in [0.29, 0.717) is 18.5 Å². The lowest BCUT2D eigenvalue weighted by atomic mass is 10.1. The summed E-state index contributed by atoms with van der Waals surface area (Å²) in [5.74, 6) is -1.74. The van der Waals surface area contributed by atoms with Crippen molar-refractivity contribution in [2.75, 3.05) is 18.1 Å². The van der Waals surface area contributed by atoms with Crippen LogP contribution in [0.15, 0.2) is 30.3 Å². The van der Waals surface area contributed by atoms with Gasteiger partial charge in [0.2, 0.25) is 6.10 Å². The molecule has 8 nitrogen and oxygen atoms in total. The number of esters is 1. The molecule has 0 saturated carbocycles. The van der Waals surface area contributed by atoms with Gasteiger partial charge in [-0.15, -0.1) is 0 Å². The fourth-order valence-electron chi connectivity index (χ4n) is 2.73. The Morgan fingerprint density at radius 3 is 2.50 bits per heavy atom. The van der Waals surface area contributed by atoms with E-state index in [4.69, 9.17) is 4.74 Å². The van der Waals surface area contributed by atoms with Gasteiger partial charge in [0, 0.05) is 18.5 Å². The number of hydrogen-bond donors (Lipinski definition) is 2. The molecule has 9 heteroatoms. The average molecular weight is 382 g/mol. The second kappa shape index (κ2) is 8.79. The minimum absolute atomic E-state index is 0.0524. The van der Waals surface area contributed by atoms with Gasteiger partial charge in [0.15, 0.2) is 9.84 Å². The fraction of sp³-hybridized carbons (Fsp3) is 0.471. The van der Waals surface area contributed by atoms with Crippen molar-refractivity contribution in [3.05, 3.63) is 35.9 Å². The normalized spacial score (nSPS) is 19.3. The lowest BCUT2D eigenvalue weighted by Crippen LogP contribution is -2.42. The maximum atomic E-state index is 12.4. The van der Waals surface area contributed by atoms with Crippen molar-refractivity contribution < 1.29 is 27.5 Å². The summed E-state index contributed by atoms with van der Waals surface area (Å²) in [6.07, 6.45) is -0.973. The molecule has 1 aliphatic rings. The van der Waals surface area contributed by atoms with Crippen molar-refractivity contribution in [1.29, 1.82) is 0 Å². The Hall–Kier alpha value is -2.42. The number of hydrogen-bond acceptors (Lipinski definition) is 6. The number of nitrogens with one attached hydrogen (secondary N) is 2. The molecule has 1 heterocycles. The number of rotatable bonds is 6. The van der Waals surface area contributed by atoms with Crippen molar-refractivity contribution in [3.63, 3.8) is 0 Å². The predicted octanol–water partition coefficient (Wildman–Crippen LogP) is 0.941. The third-order valence-electron chi connectivity index (χ3n) is 3.95. The number of sulfone groups is 1. The van der Waals surface area contributed by atoms with Crippen LogP contribution in [0.4, 0.5) is 4.79 Å². The number of amides is 3. The summed E-state index contributed by atoms with van der Waals surface area (Å²) in [4.78, 5) is 36.1. The van der Waals surface area contributed by atoms with Gasteiger partial charge in [-0.05, 0) is 19.3 Å². The minimum Gasteiger partial charge on any atom is -0.447 e. The molecule has 0 bridgehead atoms. The summed E-state index contributed by atoms with van der Waals surface area (Å²) in [6.45, 7) is 2.04. The van der Waals surface area contributed by atoms with Crippen molar-refractivity contribution >= 4 is 27.7 Å². The first-order chi connectivity index (χ1) is 12.3. The Morgan fingerprint density at radius 2 is 1.92 bits per heavy atom. The topological polar surface area (TPSA) is 119 Å². The van der Waals surface area contributed by atoms with Crippen molar-refractivity contribution in [2.45, 2.75) is 25.9 Å². The second-order valence-corrected chi connectivity index (χ2v) is 8.33. The highest BCUT2D eigenvalue weighted by Crippen LogP contribution is 2.24. The number of carbonyl (C=O) groups excluding carboxylic acids is 3. The largest absolute Gasteiger partial charge is 0.447 e. The van der Waals surface area contributed by atoms with E-state index in [1.807, 2.05) is 0 Å². The molecule has 1 aliphatic heterocycles. The van der Waals surface area contributed by atoms with Gasteiger partial charge in [-0.25, -0.2) is 13.2 Å². The van der Waals surface area contributed by atoms with Crippen LogP contribution < -0.4 is 10.6 Å². The summed E-state index contributed by atoms with van der Waals surface area (Å²) in [6, 6.07) is 7.63. The molecule has 0 unspecified atom stereocenters. The third kappa shape index (κ3) is 5.83. The zero-order valence-electron chi connectivity index (χ0n) is 14.4. The molecular weight excluding hydrogens is 360 g/mol. The van der Waals surface area contributed by atoms with Gasteiger partial charge in [0.05, 0.1) is 11.5 Å². The van der Waals surface area contributed by atoms with Crippen molar-refractivity contribution in [3.8, 4) is 0 Å². The molecule has 142 valence electrons. The smallest absolute Gasteiger partial charge is 0.321 e. The zero-order valence-corrected chi connectivity index (χ0v) is 15.3. The summed E-state index contributed by atoms with van der Waals surface area (Å²) in [5.41, 5.74) is 0.418. The van der Waals surface area contributed by atoms with Gasteiger partial charge < -0.3 is 10.1 Å². The molecular formula is C17H22N2O6S. The Labute approximate surface area is 152 Å². The van der Waals surface area contributed by atoms with Crippen LogP contribution in [0.5, 0.6) is 0 Å². The Bertz CT molecular complexity index is 763. The quantitative estimate of drug-likeness (QED) is 0.707. The molecule has 1 saturated heterocycles. The van der Waals surface area contributed by atoms with Gasteiger partial charge in [0.1, 0.15) is 0 Å². The fourth-order valence-corrected chi connectivity index (χ4v) is 4.59. The van der Waals surface area contributed by atoms with E-state index in [9.17, 15) is 22.8 Å². The lowest BCUT2D eigenvalue weighted by Gasteiger charge is -2.18. The molecule has 0 aliphatic carbocycles. The van der Waals surface area contributed by atoms with Crippen LogP contribution in [0.1, 0.15) is 31.4 Å².